The molecular weight excluding hydrogens is 762 g/mol. The summed E-state index contributed by atoms with van der Waals surface area (Å²) in [6, 6.07) is 0. The molecule has 0 aromatic carbocycles. The molecule has 0 fully saturated rings. The summed E-state index contributed by atoms with van der Waals surface area (Å²) >= 11 is 0. The van der Waals surface area contributed by atoms with Crippen molar-refractivity contribution >= 4 is 19.7 Å². The summed E-state index contributed by atoms with van der Waals surface area (Å²) < 4.78 is 26.9. The van der Waals surface area contributed by atoms with Gasteiger partial charge in [0.25, 0.3) is 0 Å². The van der Waals surface area contributed by atoms with Crippen molar-refractivity contribution in [1.29, 1.82) is 0 Å². The summed E-state index contributed by atoms with van der Waals surface area (Å²) in [5, 5.41) is 12.7. The van der Waals surface area contributed by atoms with Gasteiger partial charge in [-0.05, 0) is 96.3 Å². The van der Waals surface area contributed by atoms with E-state index in [9.17, 15) is 24.2 Å². The number of phosphoric ester groups is 1. The Morgan fingerprint density at radius 2 is 0.915 bits per heavy atom. The molecule has 0 rings (SSSR count). The van der Waals surface area contributed by atoms with Gasteiger partial charge < -0.3 is 20.1 Å². The van der Waals surface area contributed by atoms with E-state index in [1.54, 1.807) is 0 Å². The highest BCUT2D eigenvalue weighted by Crippen LogP contribution is 2.42. The van der Waals surface area contributed by atoms with E-state index in [1.165, 1.54) is 0 Å². The van der Waals surface area contributed by atoms with Crippen LogP contribution in [0.25, 0.3) is 0 Å². The van der Waals surface area contributed by atoms with E-state index in [0.29, 0.717) is 12.8 Å². The Labute approximate surface area is 358 Å². The summed E-state index contributed by atoms with van der Waals surface area (Å²) in [5.41, 5.74) is 0. The topological polar surface area (TPSA) is 131 Å². The lowest BCUT2D eigenvalue weighted by Gasteiger charge is -2.15. The van der Waals surface area contributed by atoms with Crippen LogP contribution in [0.1, 0.15) is 155 Å². The van der Waals surface area contributed by atoms with Crippen molar-refractivity contribution in [2.75, 3.05) is 26.4 Å². The minimum absolute atomic E-state index is 0.0576. The van der Waals surface area contributed by atoms with Crippen molar-refractivity contribution in [2.24, 2.45) is 0 Å². The largest absolute Gasteiger partial charge is 0.472 e. The van der Waals surface area contributed by atoms with Crippen molar-refractivity contribution in [2.45, 2.75) is 161 Å². The van der Waals surface area contributed by atoms with Crippen LogP contribution < -0.4 is 5.32 Å². The molecular formula is C49H80NO8P. The van der Waals surface area contributed by atoms with Gasteiger partial charge in [0.15, 0.2) is 0 Å². The highest BCUT2D eigenvalue weighted by molar-refractivity contribution is 7.47. The second-order valence-corrected chi connectivity index (χ2v) is 15.7. The number of amides is 1. The van der Waals surface area contributed by atoms with E-state index in [0.717, 1.165) is 122 Å². The van der Waals surface area contributed by atoms with Gasteiger partial charge in [0.2, 0.25) is 5.91 Å². The van der Waals surface area contributed by atoms with Gasteiger partial charge in [-0.2, -0.15) is 0 Å². The lowest BCUT2D eigenvalue weighted by atomic mass is 10.1. The van der Waals surface area contributed by atoms with Crippen LogP contribution in [0.2, 0.25) is 0 Å². The van der Waals surface area contributed by atoms with Gasteiger partial charge in [0.05, 0.1) is 13.2 Å². The minimum Gasteiger partial charge on any atom is -0.463 e. The molecule has 59 heavy (non-hydrogen) atoms. The summed E-state index contributed by atoms with van der Waals surface area (Å²) in [7, 11) is -4.44. The van der Waals surface area contributed by atoms with Gasteiger partial charge in [-0.3, -0.25) is 18.6 Å². The Kier molecular flexibility index (Phi) is 41.7. The van der Waals surface area contributed by atoms with Gasteiger partial charge in [-0.15, -0.1) is 0 Å². The van der Waals surface area contributed by atoms with E-state index in [2.05, 4.69) is 129 Å². The minimum atomic E-state index is -4.44. The van der Waals surface area contributed by atoms with Gasteiger partial charge in [0.1, 0.15) is 12.7 Å². The first-order valence-electron chi connectivity index (χ1n) is 22.4. The maximum Gasteiger partial charge on any atom is 0.472 e. The maximum atomic E-state index is 12.1. The number of unbranched alkanes of at least 4 members (excludes halogenated alkanes) is 9. The molecule has 9 nitrogen and oxygen atoms in total. The summed E-state index contributed by atoms with van der Waals surface area (Å²) in [4.78, 5) is 33.9. The van der Waals surface area contributed by atoms with Crippen molar-refractivity contribution in [3.63, 3.8) is 0 Å². The normalized spacial score (nSPS) is 14.3. The molecule has 0 aromatic rings. The van der Waals surface area contributed by atoms with Crippen LogP contribution in [-0.4, -0.2) is 54.3 Å². The molecule has 0 aromatic heterocycles. The Balaban J connectivity index is 3.70. The molecule has 2 unspecified atom stereocenters. The number of carbonyl (C=O) groups excluding carboxylic acids is 2. The third-order valence-electron chi connectivity index (χ3n) is 8.70. The van der Waals surface area contributed by atoms with E-state index in [1.807, 2.05) is 0 Å². The van der Waals surface area contributed by atoms with Crippen LogP contribution in [0.4, 0.5) is 0 Å². The average Bonchev–Trinajstić information content (AvgIpc) is 3.22. The lowest BCUT2D eigenvalue weighted by molar-refractivity contribution is -0.147. The highest BCUT2D eigenvalue weighted by Gasteiger charge is 2.23. The molecule has 1 amide bonds. The van der Waals surface area contributed by atoms with Gasteiger partial charge >= 0.3 is 13.8 Å². The van der Waals surface area contributed by atoms with Crippen molar-refractivity contribution in [3.05, 3.63) is 109 Å². The molecule has 3 N–H and O–H groups in total. The average molecular weight is 842 g/mol. The molecule has 0 saturated heterocycles. The quantitative estimate of drug-likeness (QED) is 0.0240. The zero-order valence-corrected chi connectivity index (χ0v) is 37.5. The Morgan fingerprint density at radius 1 is 0.525 bits per heavy atom. The Morgan fingerprint density at radius 3 is 1.37 bits per heavy atom. The molecule has 0 heterocycles. The maximum absolute atomic E-state index is 12.1. The second kappa shape index (κ2) is 44.2. The van der Waals surface area contributed by atoms with Crippen LogP contribution >= 0.6 is 7.82 Å². The molecule has 0 radical (unpaired) electrons. The number of aliphatic hydroxyl groups is 1. The van der Waals surface area contributed by atoms with Crippen LogP contribution in [0.5, 0.6) is 0 Å². The van der Waals surface area contributed by atoms with Crippen LogP contribution in [0, 0.1) is 0 Å². The summed E-state index contributed by atoms with van der Waals surface area (Å²) in [5.74, 6) is -0.569. The Hall–Kier alpha value is -3.33. The molecule has 334 valence electrons. The second-order valence-electron chi connectivity index (χ2n) is 14.3. The van der Waals surface area contributed by atoms with Crippen LogP contribution in [-0.2, 0) is 27.9 Å². The third-order valence-corrected chi connectivity index (χ3v) is 9.68. The molecule has 0 aliphatic carbocycles. The number of esters is 1. The number of hydrogen-bond donors (Lipinski definition) is 3. The number of carbonyl (C=O) groups is 2. The summed E-state index contributed by atoms with van der Waals surface area (Å²) in [6.45, 7) is 3.25. The van der Waals surface area contributed by atoms with Gasteiger partial charge in [-0.25, -0.2) is 4.57 Å². The first-order chi connectivity index (χ1) is 28.8. The number of hydrogen-bond acceptors (Lipinski definition) is 7. The van der Waals surface area contributed by atoms with Gasteiger partial charge in [-0.1, -0.05) is 155 Å². The predicted molar refractivity (Wildman–Crippen MR) is 247 cm³/mol. The predicted octanol–water partition coefficient (Wildman–Crippen LogP) is 12.8. The zero-order valence-electron chi connectivity index (χ0n) is 36.6. The fourth-order valence-corrected chi connectivity index (χ4v) is 6.15. The zero-order chi connectivity index (χ0) is 43.2. The number of ether oxygens (including phenoxy) is 1. The number of nitrogens with one attached hydrogen (secondary N) is 1. The SMILES string of the molecule is CC/C=C\C/C=C\C/C=C\C/C=C\C/C=C\C/C=C\CCCCCCC(=O)NCCOP(=O)(O)OCC(O)COC(=O)CCCCCCC/C=C\C/C=C\C/C=C\CC. The summed E-state index contributed by atoms with van der Waals surface area (Å²) in [6.07, 6.45) is 58.8. The van der Waals surface area contributed by atoms with Crippen molar-refractivity contribution in [1.82, 2.24) is 5.32 Å². The number of phosphoric acid groups is 1. The van der Waals surface area contributed by atoms with E-state index >= 15 is 0 Å². The molecule has 0 aliphatic heterocycles. The van der Waals surface area contributed by atoms with Crippen LogP contribution in [0.3, 0.4) is 0 Å². The van der Waals surface area contributed by atoms with Crippen LogP contribution in [0.15, 0.2) is 109 Å². The van der Waals surface area contributed by atoms with E-state index in [-0.39, 0.29) is 32.1 Å². The smallest absolute Gasteiger partial charge is 0.463 e. The molecule has 0 bridgehead atoms. The highest BCUT2D eigenvalue weighted by atomic mass is 31.2. The number of allylic oxidation sites excluding steroid dienone is 18. The molecule has 10 heteroatoms. The Bertz CT molecular complexity index is 1330. The number of aliphatic hydroxyl groups excluding tert-OH is 1. The molecule has 0 saturated carbocycles. The number of rotatable bonds is 40. The molecule has 0 spiro atoms. The third kappa shape index (κ3) is 45.6. The van der Waals surface area contributed by atoms with Gasteiger partial charge in [0, 0.05) is 19.4 Å². The first-order valence-corrected chi connectivity index (χ1v) is 23.9. The molecule has 2 atom stereocenters. The van der Waals surface area contributed by atoms with E-state index in [4.69, 9.17) is 13.8 Å². The van der Waals surface area contributed by atoms with E-state index < -0.39 is 26.5 Å². The monoisotopic (exact) mass is 842 g/mol. The molecule has 0 aliphatic rings. The van der Waals surface area contributed by atoms with Crippen molar-refractivity contribution < 1.29 is 37.9 Å². The van der Waals surface area contributed by atoms with Crippen molar-refractivity contribution in [3.8, 4) is 0 Å². The first kappa shape index (κ1) is 55.7. The fraction of sp³-hybridized carbons (Fsp3) is 0.592. The lowest BCUT2D eigenvalue weighted by Crippen LogP contribution is -2.27. The fourth-order valence-electron chi connectivity index (χ4n) is 5.40. The standard InChI is InChI=1S/C49H80NO8P/c1-3-5-7-9-11-13-15-17-19-20-21-22-23-24-25-26-28-29-31-33-35-37-39-41-48(52)50-43-44-57-59(54,55)58-46-47(51)45-56-49(53)42-40-38-36-34-32-30-27-18-16-14-12-10-8-6-4-2/h5-8,11-14,17-19,21-22,24-25,27-29,47,51H,3-4,9-10,15-16,20,23,26,30-46H2,1-2H3,(H,50,52)(H,54,55)/b7-5-,8-6-,13-11-,14-12-,19-17-,22-21-,25-24-,27-18-,29-28-.